The number of sulfonamides is 1. The van der Waals surface area contributed by atoms with Crippen LogP contribution in [0.25, 0.3) is 11.0 Å². The average molecular weight is 391 g/mol. The quantitative estimate of drug-likeness (QED) is 0.871. The number of hydrogen-bond acceptors (Lipinski definition) is 4. The highest BCUT2D eigenvalue weighted by molar-refractivity contribution is 7.89. The summed E-state index contributed by atoms with van der Waals surface area (Å²) in [5.41, 5.74) is 1.85. The lowest BCUT2D eigenvalue weighted by atomic mass is 10.1. The van der Waals surface area contributed by atoms with Crippen molar-refractivity contribution in [2.45, 2.75) is 38.8 Å². The fourth-order valence-corrected chi connectivity index (χ4v) is 5.87. The number of nitrogens with zero attached hydrogens (tertiary/aromatic N) is 2. The maximum atomic E-state index is 12.6. The molecule has 2 amide bonds. The number of furan rings is 1. The predicted molar refractivity (Wildman–Crippen MR) is 103 cm³/mol. The minimum absolute atomic E-state index is 0.107. The number of urea groups is 1. The van der Waals surface area contributed by atoms with E-state index in [9.17, 15) is 13.2 Å². The van der Waals surface area contributed by atoms with Crippen LogP contribution in [0.15, 0.2) is 28.7 Å². The number of benzene rings is 1. The summed E-state index contributed by atoms with van der Waals surface area (Å²) in [5, 5.41) is 3.98. The van der Waals surface area contributed by atoms with Crippen LogP contribution in [0, 0.1) is 6.92 Å². The van der Waals surface area contributed by atoms with Gasteiger partial charge in [0.2, 0.25) is 10.0 Å². The van der Waals surface area contributed by atoms with Crippen LogP contribution in [0.1, 0.15) is 30.6 Å². The van der Waals surface area contributed by atoms with Gasteiger partial charge in [0.25, 0.3) is 0 Å². The van der Waals surface area contributed by atoms with Crippen molar-refractivity contribution < 1.29 is 17.6 Å². The molecule has 2 aliphatic rings. The molecule has 146 valence electrons. The van der Waals surface area contributed by atoms with E-state index in [1.165, 1.54) is 0 Å². The van der Waals surface area contributed by atoms with Gasteiger partial charge in [0, 0.05) is 36.6 Å². The van der Waals surface area contributed by atoms with Gasteiger partial charge in [-0.05, 0) is 32.3 Å². The molecule has 2 aromatic rings. The summed E-state index contributed by atoms with van der Waals surface area (Å²) in [6.45, 7) is 3.98. The van der Waals surface area contributed by atoms with Gasteiger partial charge in [-0.25, -0.2) is 13.2 Å². The van der Waals surface area contributed by atoms with Crippen LogP contribution in [-0.4, -0.2) is 55.1 Å². The standard InChI is InChI=1S/C19H25N3O4S/c1-14-16-7-2-3-8-17(16)26-18(14)12-20-19(23)21-9-4-6-15(13-21)22-10-5-11-27(22,24)25/h2-3,7-8,15H,4-6,9-13H2,1H3,(H,20,23). The number of carbonyl (C=O) groups excluding carboxylic acids is 1. The zero-order valence-electron chi connectivity index (χ0n) is 15.5. The van der Waals surface area contributed by atoms with Crippen molar-refractivity contribution in [3.05, 3.63) is 35.6 Å². The number of amides is 2. The fraction of sp³-hybridized carbons (Fsp3) is 0.526. The molecule has 0 saturated carbocycles. The first kappa shape index (κ1) is 18.3. The Morgan fingerprint density at radius 3 is 2.81 bits per heavy atom. The summed E-state index contributed by atoms with van der Waals surface area (Å²) in [7, 11) is -3.15. The van der Waals surface area contributed by atoms with E-state index in [1.54, 1.807) is 9.21 Å². The fourth-order valence-electron chi connectivity index (χ4n) is 4.10. The smallest absolute Gasteiger partial charge is 0.317 e. The molecule has 27 heavy (non-hydrogen) atoms. The molecule has 8 heteroatoms. The Morgan fingerprint density at radius 1 is 1.26 bits per heavy atom. The number of piperidine rings is 1. The van der Waals surface area contributed by atoms with Crippen LogP contribution >= 0.6 is 0 Å². The molecule has 0 bridgehead atoms. The Morgan fingerprint density at radius 2 is 2.07 bits per heavy atom. The molecule has 3 heterocycles. The van der Waals surface area contributed by atoms with Crippen LogP contribution in [0.2, 0.25) is 0 Å². The molecule has 0 spiro atoms. The van der Waals surface area contributed by atoms with Gasteiger partial charge in [-0.2, -0.15) is 4.31 Å². The number of rotatable bonds is 3. The third-order valence-corrected chi connectivity index (χ3v) is 7.57. The lowest BCUT2D eigenvalue weighted by molar-refractivity contribution is 0.152. The number of para-hydroxylation sites is 1. The van der Waals surface area contributed by atoms with Crippen molar-refractivity contribution in [1.82, 2.24) is 14.5 Å². The molecule has 1 aromatic heterocycles. The van der Waals surface area contributed by atoms with Crippen molar-refractivity contribution in [2.24, 2.45) is 0 Å². The van der Waals surface area contributed by atoms with E-state index >= 15 is 0 Å². The van der Waals surface area contributed by atoms with Crippen molar-refractivity contribution in [2.75, 3.05) is 25.4 Å². The van der Waals surface area contributed by atoms with Crippen molar-refractivity contribution in [3.8, 4) is 0 Å². The molecule has 4 rings (SSSR count). The molecule has 7 nitrogen and oxygen atoms in total. The maximum absolute atomic E-state index is 12.6. The highest BCUT2D eigenvalue weighted by Gasteiger charge is 2.37. The third-order valence-electron chi connectivity index (χ3n) is 5.57. The van der Waals surface area contributed by atoms with Gasteiger partial charge in [-0.1, -0.05) is 18.2 Å². The average Bonchev–Trinajstić information content (AvgIpc) is 3.19. The molecule has 0 radical (unpaired) electrons. The second-order valence-electron chi connectivity index (χ2n) is 7.33. The lowest BCUT2D eigenvalue weighted by Crippen LogP contribution is -2.52. The summed E-state index contributed by atoms with van der Waals surface area (Å²) in [5.74, 6) is 0.973. The highest BCUT2D eigenvalue weighted by Crippen LogP contribution is 2.26. The Bertz CT molecular complexity index is 953. The van der Waals surface area contributed by atoms with E-state index in [4.69, 9.17) is 4.42 Å². The van der Waals surface area contributed by atoms with Gasteiger partial charge < -0.3 is 14.6 Å². The predicted octanol–water partition coefficient (Wildman–Crippen LogP) is 2.45. The van der Waals surface area contributed by atoms with E-state index < -0.39 is 10.0 Å². The second-order valence-corrected chi connectivity index (χ2v) is 9.37. The number of fused-ring (bicyclic) bond motifs is 1. The molecule has 2 saturated heterocycles. The van der Waals surface area contributed by atoms with E-state index in [1.807, 2.05) is 31.2 Å². The molecule has 0 aliphatic carbocycles. The molecule has 1 N–H and O–H groups in total. The van der Waals surface area contributed by atoms with Gasteiger partial charge in [0.05, 0.1) is 12.3 Å². The second kappa shape index (κ2) is 7.16. The zero-order valence-corrected chi connectivity index (χ0v) is 16.3. The summed E-state index contributed by atoms with van der Waals surface area (Å²) in [6.07, 6.45) is 2.30. The van der Waals surface area contributed by atoms with E-state index in [2.05, 4.69) is 5.32 Å². The lowest BCUT2D eigenvalue weighted by Gasteiger charge is -2.36. The Hall–Kier alpha value is -2.06. The summed E-state index contributed by atoms with van der Waals surface area (Å²) in [4.78, 5) is 14.3. The van der Waals surface area contributed by atoms with Gasteiger partial charge in [0.1, 0.15) is 11.3 Å². The number of hydrogen-bond donors (Lipinski definition) is 1. The zero-order chi connectivity index (χ0) is 19.0. The van der Waals surface area contributed by atoms with E-state index in [0.717, 1.165) is 35.1 Å². The number of nitrogens with one attached hydrogen (secondary N) is 1. The van der Waals surface area contributed by atoms with Gasteiger partial charge in [-0.3, -0.25) is 0 Å². The van der Waals surface area contributed by atoms with Crippen molar-refractivity contribution in [1.29, 1.82) is 0 Å². The molecule has 1 atom stereocenters. The molecular weight excluding hydrogens is 366 g/mol. The van der Waals surface area contributed by atoms with Crippen LogP contribution in [0.3, 0.4) is 0 Å². The first-order chi connectivity index (χ1) is 13.0. The topological polar surface area (TPSA) is 82.9 Å². The normalized spacial score (nSPS) is 23.0. The van der Waals surface area contributed by atoms with Crippen LogP contribution in [0.4, 0.5) is 4.79 Å². The summed E-state index contributed by atoms with van der Waals surface area (Å²) >= 11 is 0. The summed E-state index contributed by atoms with van der Waals surface area (Å²) < 4.78 is 31.8. The van der Waals surface area contributed by atoms with Crippen LogP contribution in [-0.2, 0) is 16.6 Å². The van der Waals surface area contributed by atoms with Crippen molar-refractivity contribution >= 4 is 27.0 Å². The summed E-state index contributed by atoms with van der Waals surface area (Å²) in [6, 6.07) is 7.53. The highest BCUT2D eigenvalue weighted by atomic mass is 32.2. The SMILES string of the molecule is Cc1c(CNC(=O)N2CCCC(N3CCCS3(=O)=O)C2)oc2ccccc12. The first-order valence-electron chi connectivity index (χ1n) is 9.45. The van der Waals surface area contributed by atoms with Gasteiger partial charge in [-0.15, -0.1) is 0 Å². The number of carbonyl (C=O) groups is 1. The van der Waals surface area contributed by atoms with Gasteiger partial charge in [0.15, 0.2) is 0 Å². The van der Waals surface area contributed by atoms with Gasteiger partial charge >= 0.3 is 6.03 Å². The molecular formula is C19H25N3O4S. The number of aryl methyl sites for hydroxylation is 1. The molecule has 1 aromatic carbocycles. The first-order valence-corrected chi connectivity index (χ1v) is 11.1. The van der Waals surface area contributed by atoms with E-state index in [-0.39, 0.29) is 17.8 Å². The third kappa shape index (κ3) is 3.55. The Kier molecular flexibility index (Phi) is 4.86. The largest absolute Gasteiger partial charge is 0.459 e. The Labute approximate surface area is 159 Å². The number of likely N-dealkylation sites (tertiary alicyclic amines) is 1. The Balaban J connectivity index is 1.40. The molecule has 2 aliphatic heterocycles. The minimum atomic E-state index is -3.15. The molecule has 1 unspecified atom stereocenters. The van der Waals surface area contributed by atoms with Crippen molar-refractivity contribution in [3.63, 3.8) is 0 Å². The molecule has 2 fully saturated rings. The van der Waals surface area contributed by atoms with Crippen LogP contribution in [0.5, 0.6) is 0 Å². The minimum Gasteiger partial charge on any atom is -0.459 e. The van der Waals surface area contributed by atoms with E-state index in [0.29, 0.717) is 32.6 Å². The van der Waals surface area contributed by atoms with Crippen LogP contribution < -0.4 is 5.32 Å². The maximum Gasteiger partial charge on any atom is 0.317 e. The monoisotopic (exact) mass is 391 g/mol.